The normalized spacial score (nSPS) is 10.6. The highest BCUT2D eigenvalue weighted by Crippen LogP contribution is 2.36. The van der Waals surface area contributed by atoms with Gasteiger partial charge in [-0.15, -0.1) is 11.3 Å². The first-order valence-electron chi connectivity index (χ1n) is 9.28. The molecule has 3 rings (SSSR count). The molecule has 0 aliphatic carbocycles. The van der Waals surface area contributed by atoms with E-state index >= 15 is 0 Å². The SMILES string of the molecule is CCCCCOc1ccc(C(=O)Nc2c(C(=O)OC)sc3ccccc23)cc1. The van der Waals surface area contributed by atoms with Gasteiger partial charge in [-0.05, 0) is 36.8 Å². The molecule has 1 N–H and O–H groups in total. The van der Waals surface area contributed by atoms with Crippen LogP contribution in [0.5, 0.6) is 5.75 Å². The smallest absolute Gasteiger partial charge is 0.350 e. The minimum absolute atomic E-state index is 0.286. The summed E-state index contributed by atoms with van der Waals surface area (Å²) in [5.74, 6) is -0.0116. The monoisotopic (exact) mass is 397 g/mol. The molecule has 0 atom stereocenters. The average Bonchev–Trinajstić information content (AvgIpc) is 3.09. The van der Waals surface area contributed by atoms with Crippen LogP contribution < -0.4 is 10.1 Å². The van der Waals surface area contributed by atoms with Gasteiger partial charge in [0.2, 0.25) is 0 Å². The molecule has 0 bridgehead atoms. The quantitative estimate of drug-likeness (QED) is 0.402. The molecule has 5 nitrogen and oxygen atoms in total. The molecular formula is C22H23NO4S. The van der Waals surface area contributed by atoms with E-state index in [1.165, 1.54) is 18.4 Å². The largest absolute Gasteiger partial charge is 0.494 e. The van der Waals surface area contributed by atoms with Crippen molar-refractivity contribution in [2.75, 3.05) is 19.0 Å². The van der Waals surface area contributed by atoms with E-state index in [1.807, 2.05) is 24.3 Å². The van der Waals surface area contributed by atoms with Gasteiger partial charge in [-0.2, -0.15) is 0 Å². The maximum Gasteiger partial charge on any atom is 0.350 e. The van der Waals surface area contributed by atoms with Crippen molar-refractivity contribution < 1.29 is 19.1 Å². The van der Waals surface area contributed by atoms with Gasteiger partial charge in [0.25, 0.3) is 5.91 Å². The molecule has 28 heavy (non-hydrogen) atoms. The maximum absolute atomic E-state index is 12.7. The fraction of sp³-hybridized carbons (Fsp3) is 0.273. The Morgan fingerprint density at radius 2 is 1.79 bits per heavy atom. The molecule has 2 aromatic carbocycles. The lowest BCUT2D eigenvalue weighted by atomic mass is 10.1. The molecule has 0 saturated carbocycles. The average molecular weight is 397 g/mol. The molecule has 1 amide bonds. The van der Waals surface area contributed by atoms with E-state index in [9.17, 15) is 9.59 Å². The molecule has 1 aromatic heterocycles. The number of thiophene rings is 1. The Kier molecular flexibility index (Phi) is 6.66. The molecule has 0 spiro atoms. The zero-order valence-electron chi connectivity index (χ0n) is 16.0. The van der Waals surface area contributed by atoms with Crippen LogP contribution in [0.4, 0.5) is 5.69 Å². The maximum atomic E-state index is 12.7. The Morgan fingerprint density at radius 1 is 1.04 bits per heavy atom. The minimum Gasteiger partial charge on any atom is -0.494 e. The topological polar surface area (TPSA) is 64.6 Å². The van der Waals surface area contributed by atoms with Crippen LogP contribution in [0.15, 0.2) is 48.5 Å². The number of carbonyl (C=O) groups is 2. The number of methoxy groups -OCH3 is 1. The van der Waals surface area contributed by atoms with E-state index in [0.29, 0.717) is 22.7 Å². The van der Waals surface area contributed by atoms with Crippen molar-refractivity contribution in [3.05, 3.63) is 59.0 Å². The molecule has 146 valence electrons. The number of rotatable bonds is 8. The lowest BCUT2D eigenvalue weighted by Gasteiger charge is -2.09. The Bertz CT molecular complexity index is 962. The van der Waals surface area contributed by atoms with Gasteiger partial charge in [0.05, 0.1) is 19.4 Å². The van der Waals surface area contributed by atoms with Gasteiger partial charge in [0.15, 0.2) is 0 Å². The van der Waals surface area contributed by atoms with E-state index < -0.39 is 5.97 Å². The summed E-state index contributed by atoms with van der Waals surface area (Å²) in [4.78, 5) is 25.2. The van der Waals surface area contributed by atoms with Crippen LogP contribution in [0, 0.1) is 0 Å². The van der Waals surface area contributed by atoms with E-state index in [2.05, 4.69) is 12.2 Å². The van der Waals surface area contributed by atoms with Crippen molar-refractivity contribution in [2.45, 2.75) is 26.2 Å². The Hall–Kier alpha value is -2.86. The second-order valence-electron chi connectivity index (χ2n) is 6.33. The molecule has 0 radical (unpaired) electrons. The van der Waals surface area contributed by atoms with Crippen molar-refractivity contribution in [3.8, 4) is 5.75 Å². The first-order chi connectivity index (χ1) is 13.6. The highest BCUT2D eigenvalue weighted by atomic mass is 32.1. The zero-order chi connectivity index (χ0) is 19.9. The van der Waals surface area contributed by atoms with Crippen molar-refractivity contribution in [1.29, 1.82) is 0 Å². The summed E-state index contributed by atoms with van der Waals surface area (Å²) in [5, 5.41) is 3.69. The first kappa shape index (κ1) is 19.9. The third kappa shape index (κ3) is 4.51. The lowest BCUT2D eigenvalue weighted by molar-refractivity contribution is 0.0607. The van der Waals surface area contributed by atoms with Crippen LogP contribution in [-0.2, 0) is 4.74 Å². The summed E-state index contributed by atoms with van der Waals surface area (Å²) in [6.07, 6.45) is 3.30. The van der Waals surface area contributed by atoms with Gasteiger partial charge in [-0.3, -0.25) is 4.79 Å². The standard InChI is InChI=1S/C22H23NO4S/c1-3-4-7-14-27-16-12-10-15(11-13-16)21(24)23-19-17-8-5-6-9-18(17)28-20(19)22(25)26-2/h5-6,8-13H,3-4,7,14H2,1-2H3,(H,23,24). The Balaban J connectivity index is 1.76. The fourth-order valence-corrected chi connectivity index (χ4v) is 3.91. The number of benzene rings is 2. The highest BCUT2D eigenvalue weighted by Gasteiger charge is 2.21. The number of esters is 1. The molecule has 3 aromatic rings. The Morgan fingerprint density at radius 3 is 2.50 bits per heavy atom. The summed E-state index contributed by atoms with van der Waals surface area (Å²) < 4.78 is 11.5. The number of anilines is 1. The summed E-state index contributed by atoms with van der Waals surface area (Å²) in [5.41, 5.74) is 0.976. The molecule has 0 aliphatic heterocycles. The number of unbranched alkanes of at least 4 members (excludes halogenated alkanes) is 2. The van der Waals surface area contributed by atoms with E-state index in [0.717, 1.165) is 35.1 Å². The van der Waals surface area contributed by atoms with E-state index in [-0.39, 0.29) is 5.91 Å². The Labute approximate surface area is 168 Å². The number of hydrogen-bond acceptors (Lipinski definition) is 5. The lowest BCUT2D eigenvalue weighted by Crippen LogP contribution is -2.14. The van der Waals surface area contributed by atoms with Gasteiger partial charge in [0.1, 0.15) is 10.6 Å². The number of ether oxygens (including phenoxy) is 2. The summed E-state index contributed by atoms with van der Waals surface area (Å²) in [6.45, 7) is 2.82. The molecule has 6 heteroatoms. The van der Waals surface area contributed by atoms with Gasteiger partial charge >= 0.3 is 5.97 Å². The van der Waals surface area contributed by atoms with E-state index in [4.69, 9.17) is 9.47 Å². The molecular weight excluding hydrogens is 374 g/mol. The van der Waals surface area contributed by atoms with E-state index in [1.54, 1.807) is 24.3 Å². The fourth-order valence-electron chi connectivity index (χ4n) is 2.84. The molecule has 0 aliphatic rings. The molecule has 0 unspecified atom stereocenters. The summed E-state index contributed by atoms with van der Waals surface area (Å²) in [7, 11) is 1.33. The molecule has 1 heterocycles. The number of fused-ring (bicyclic) bond motifs is 1. The predicted octanol–water partition coefficient (Wildman–Crippen LogP) is 5.51. The second kappa shape index (κ2) is 9.37. The van der Waals surface area contributed by atoms with Gasteiger partial charge in [-0.1, -0.05) is 38.0 Å². The van der Waals surface area contributed by atoms with Gasteiger partial charge < -0.3 is 14.8 Å². The third-order valence-electron chi connectivity index (χ3n) is 4.34. The van der Waals surface area contributed by atoms with Crippen LogP contribution in [0.2, 0.25) is 0 Å². The van der Waals surface area contributed by atoms with Crippen molar-refractivity contribution >= 4 is 39.0 Å². The number of carbonyl (C=O) groups excluding carboxylic acids is 2. The first-order valence-corrected chi connectivity index (χ1v) is 10.1. The minimum atomic E-state index is -0.465. The van der Waals surface area contributed by atoms with Crippen molar-refractivity contribution in [1.82, 2.24) is 0 Å². The summed E-state index contributed by atoms with van der Waals surface area (Å²) in [6, 6.07) is 14.6. The number of amides is 1. The van der Waals surface area contributed by atoms with Gasteiger partial charge in [-0.25, -0.2) is 4.79 Å². The number of hydrogen-bond donors (Lipinski definition) is 1. The molecule has 0 fully saturated rings. The van der Waals surface area contributed by atoms with Crippen LogP contribution in [0.1, 0.15) is 46.2 Å². The van der Waals surface area contributed by atoms with Crippen LogP contribution in [-0.4, -0.2) is 25.6 Å². The summed E-state index contributed by atoms with van der Waals surface area (Å²) >= 11 is 1.30. The number of nitrogens with one attached hydrogen (secondary N) is 1. The zero-order valence-corrected chi connectivity index (χ0v) is 16.8. The molecule has 0 saturated heterocycles. The predicted molar refractivity (Wildman–Crippen MR) is 113 cm³/mol. The van der Waals surface area contributed by atoms with Crippen LogP contribution in [0.3, 0.4) is 0 Å². The van der Waals surface area contributed by atoms with Crippen molar-refractivity contribution in [2.24, 2.45) is 0 Å². The van der Waals surface area contributed by atoms with Crippen LogP contribution in [0.25, 0.3) is 10.1 Å². The third-order valence-corrected chi connectivity index (χ3v) is 5.49. The second-order valence-corrected chi connectivity index (χ2v) is 7.38. The van der Waals surface area contributed by atoms with Gasteiger partial charge in [0, 0.05) is 15.6 Å². The highest BCUT2D eigenvalue weighted by molar-refractivity contribution is 7.21. The van der Waals surface area contributed by atoms with Crippen molar-refractivity contribution in [3.63, 3.8) is 0 Å². The van der Waals surface area contributed by atoms with Crippen LogP contribution >= 0.6 is 11.3 Å².